The van der Waals surface area contributed by atoms with Gasteiger partial charge in [0, 0.05) is 42.3 Å². The molecule has 0 amide bonds. The Bertz CT molecular complexity index is 1470. The van der Waals surface area contributed by atoms with E-state index < -0.39 is 11.9 Å². The summed E-state index contributed by atoms with van der Waals surface area (Å²) in [5, 5.41) is 27.7. The van der Waals surface area contributed by atoms with Gasteiger partial charge < -0.3 is 9.64 Å². The first-order valence-electron chi connectivity index (χ1n) is 11.4. The number of nitriles is 2. The van der Waals surface area contributed by atoms with Crippen molar-refractivity contribution < 1.29 is 9.13 Å². The van der Waals surface area contributed by atoms with E-state index in [9.17, 15) is 9.65 Å². The van der Waals surface area contributed by atoms with E-state index >= 15 is 0 Å². The van der Waals surface area contributed by atoms with Crippen molar-refractivity contribution in [2.45, 2.75) is 38.8 Å². The van der Waals surface area contributed by atoms with Crippen LogP contribution in [0.25, 0.3) is 16.6 Å². The van der Waals surface area contributed by atoms with Gasteiger partial charge in [-0.1, -0.05) is 0 Å². The topological polar surface area (TPSA) is 108 Å². The maximum absolute atomic E-state index is 14.3. The maximum Gasteiger partial charge on any atom is 0.179 e. The lowest BCUT2D eigenvalue weighted by Crippen LogP contribution is -2.31. The molecule has 1 aliphatic heterocycles. The number of fused-ring (bicyclic) bond motifs is 1. The van der Waals surface area contributed by atoms with E-state index in [-0.39, 0.29) is 11.7 Å². The first-order valence-corrected chi connectivity index (χ1v) is 11.4. The fraction of sp³-hybridized carbons (Fsp3) is 0.320. The number of rotatable bonds is 5. The predicted molar refractivity (Wildman–Crippen MR) is 125 cm³/mol. The lowest BCUT2D eigenvalue weighted by Gasteiger charge is -2.29. The average molecular weight is 471 g/mol. The number of pyridine rings is 2. The van der Waals surface area contributed by atoms with Gasteiger partial charge >= 0.3 is 0 Å². The number of ether oxygens (including phenoxy) is 1. The van der Waals surface area contributed by atoms with Gasteiger partial charge in [-0.3, -0.25) is 9.67 Å². The highest BCUT2D eigenvalue weighted by Gasteiger charge is 2.24. The largest absolute Gasteiger partial charge is 0.482 e. The molecule has 0 saturated carbocycles. The van der Waals surface area contributed by atoms with Crippen LogP contribution in [0.2, 0.25) is 0 Å². The average Bonchev–Trinajstić information content (AvgIpc) is 3.47. The second-order valence-electron chi connectivity index (χ2n) is 8.59. The fourth-order valence-corrected chi connectivity index (χ4v) is 4.63. The molecule has 1 atom stereocenters. The van der Waals surface area contributed by atoms with Gasteiger partial charge in [0.1, 0.15) is 40.5 Å². The molecular formula is C25H23FN8O. The molecule has 0 aromatic carbocycles. The summed E-state index contributed by atoms with van der Waals surface area (Å²) in [4.78, 5) is 5.89. The molecule has 176 valence electrons. The summed E-state index contributed by atoms with van der Waals surface area (Å²) in [6.45, 7) is 5.16. The first-order chi connectivity index (χ1) is 17.0. The number of aromatic nitrogens is 5. The van der Waals surface area contributed by atoms with E-state index in [0.29, 0.717) is 29.9 Å². The van der Waals surface area contributed by atoms with Crippen molar-refractivity contribution in [1.29, 1.82) is 10.5 Å². The summed E-state index contributed by atoms with van der Waals surface area (Å²) < 4.78 is 24.1. The second-order valence-corrected chi connectivity index (χ2v) is 8.59. The molecule has 35 heavy (non-hydrogen) atoms. The monoisotopic (exact) mass is 470 g/mol. The molecule has 0 spiro atoms. The minimum atomic E-state index is -0.689. The zero-order valence-corrected chi connectivity index (χ0v) is 19.4. The van der Waals surface area contributed by atoms with Crippen molar-refractivity contribution in [3.8, 4) is 29.1 Å². The van der Waals surface area contributed by atoms with E-state index in [1.54, 1.807) is 16.3 Å². The Morgan fingerprint density at radius 2 is 2.00 bits per heavy atom. The van der Waals surface area contributed by atoms with Crippen LogP contribution in [0.5, 0.6) is 5.75 Å². The van der Waals surface area contributed by atoms with E-state index in [4.69, 9.17) is 10.00 Å². The molecule has 1 aliphatic rings. The van der Waals surface area contributed by atoms with Crippen LogP contribution < -0.4 is 4.74 Å². The summed E-state index contributed by atoms with van der Waals surface area (Å²) in [5.74, 6) is -0.0515. The molecule has 5 heterocycles. The van der Waals surface area contributed by atoms with Crippen LogP contribution in [0.3, 0.4) is 0 Å². The van der Waals surface area contributed by atoms with E-state index in [1.165, 1.54) is 24.5 Å². The highest BCUT2D eigenvalue weighted by Crippen LogP contribution is 2.35. The minimum Gasteiger partial charge on any atom is -0.482 e. The van der Waals surface area contributed by atoms with Crippen molar-refractivity contribution in [2.75, 3.05) is 13.1 Å². The Morgan fingerprint density at radius 1 is 1.20 bits per heavy atom. The lowest BCUT2D eigenvalue weighted by molar-refractivity contribution is 0.218. The third-order valence-electron chi connectivity index (χ3n) is 6.48. The van der Waals surface area contributed by atoms with Crippen LogP contribution in [0, 0.1) is 35.5 Å². The van der Waals surface area contributed by atoms with Crippen molar-refractivity contribution in [2.24, 2.45) is 0 Å². The molecular weight excluding hydrogens is 447 g/mol. The number of likely N-dealkylation sites (tertiary alicyclic amines) is 1. The predicted octanol–water partition coefficient (Wildman–Crippen LogP) is 4.17. The second kappa shape index (κ2) is 9.07. The molecule has 5 rings (SSSR count). The molecule has 0 N–H and O–H groups in total. The van der Waals surface area contributed by atoms with Crippen molar-refractivity contribution in [3.05, 3.63) is 65.8 Å². The van der Waals surface area contributed by atoms with Crippen LogP contribution in [0.15, 0.2) is 43.0 Å². The highest BCUT2D eigenvalue weighted by molar-refractivity contribution is 5.76. The van der Waals surface area contributed by atoms with Crippen LogP contribution in [0.4, 0.5) is 4.39 Å². The smallest absolute Gasteiger partial charge is 0.179 e. The zero-order chi connectivity index (χ0) is 24.5. The molecule has 0 bridgehead atoms. The highest BCUT2D eigenvalue weighted by atomic mass is 19.1. The molecule has 4 aromatic rings. The van der Waals surface area contributed by atoms with E-state index in [0.717, 1.165) is 29.7 Å². The molecule has 9 nitrogen and oxygen atoms in total. The Balaban J connectivity index is 1.53. The van der Waals surface area contributed by atoms with Crippen LogP contribution >= 0.6 is 0 Å². The Morgan fingerprint density at radius 3 is 2.71 bits per heavy atom. The number of hydrogen-bond acceptors (Lipinski definition) is 7. The van der Waals surface area contributed by atoms with Gasteiger partial charge in [-0.15, -0.1) is 0 Å². The third-order valence-corrected chi connectivity index (χ3v) is 6.48. The molecule has 4 aromatic heterocycles. The van der Waals surface area contributed by atoms with E-state index in [2.05, 4.69) is 27.4 Å². The Labute approximate surface area is 201 Å². The van der Waals surface area contributed by atoms with Crippen LogP contribution in [-0.2, 0) is 0 Å². The van der Waals surface area contributed by atoms with Gasteiger partial charge in [-0.25, -0.2) is 8.91 Å². The van der Waals surface area contributed by atoms with Gasteiger partial charge in [-0.05, 0) is 44.9 Å². The normalized spacial score (nSPS) is 15.1. The van der Waals surface area contributed by atoms with Gasteiger partial charge in [0.15, 0.2) is 6.19 Å². The standard InChI is InChI=1S/C25H23FN8O/c1-16-21(13-31-34(16)20-5-8-32(15-28)9-6-20)18-10-23(25-19(11-27)12-30-33(25)14-18)35-17(2)24-22(26)4-3-7-29-24/h3-4,7,10,12-14,17,20H,5-6,8-9H2,1-2H3/t17-/m1/s1. The first kappa shape index (κ1) is 22.4. The van der Waals surface area contributed by atoms with Crippen LogP contribution in [-0.4, -0.2) is 42.4 Å². The zero-order valence-electron chi connectivity index (χ0n) is 19.4. The van der Waals surface area contributed by atoms with Crippen molar-refractivity contribution >= 4 is 5.52 Å². The fourth-order valence-electron chi connectivity index (χ4n) is 4.63. The summed E-state index contributed by atoms with van der Waals surface area (Å²) in [5.41, 5.74) is 3.76. The van der Waals surface area contributed by atoms with Crippen molar-refractivity contribution in [3.63, 3.8) is 0 Å². The number of nitrogens with zero attached hydrogens (tertiary/aromatic N) is 8. The van der Waals surface area contributed by atoms with Gasteiger partial charge in [0.05, 0.1) is 18.4 Å². The molecule has 0 radical (unpaired) electrons. The summed E-state index contributed by atoms with van der Waals surface area (Å²) >= 11 is 0. The maximum atomic E-state index is 14.3. The molecule has 1 fully saturated rings. The Kier molecular flexibility index (Phi) is 5.79. The quantitative estimate of drug-likeness (QED) is 0.403. The van der Waals surface area contributed by atoms with Crippen molar-refractivity contribution in [1.82, 2.24) is 29.3 Å². The van der Waals surface area contributed by atoms with Crippen LogP contribution in [0.1, 0.15) is 48.9 Å². The summed E-state index contributed by atoms with van der Waals surface area (Å²) in [6.07, 6.45) is 9.87. The number of hydrogen-bond donors (Lipinski definition) is 0. The molecule has 1 saturated heterocycles. The molecule has 0 aliphatic carbocycles. The number of piperidine rings is 1. The van der Waals surface area contributed by atoms with E-state index in [1.807, 2.05) is 30.1 Å². The minimum absolute atomic E-state index is 0.182. The molecule has 0 unspecified atom stereocenters. The van der Waals surface area contributed by atoms with Gasteiger partial charge in [0.25, 0.3) is 0 Å². The number of halogens is 1. The Hall–Kier alpha value is -4.44. The third kappa shape index (κ3) is 4.04. The van der Waals surface area contributed by atoms with Gasteiger partial charge in [-0.2, -0.15) is 20.7 Å². The lowest BCUT2D eigenvalue weighted by atomic mass is 10.0. The SMILES string of the molecule is Cc1c(-c2cc(O[C@H](C)c3ncccc3F)c3c(C#N)cnn3c2)cnn1C1CCN(C#N)CC1. The molecule has 10 heteroatoms. The van der Waals surface area contributed by atoms with Gasteiger partial charge in [0.2, 0.25) is 0 Å². The summed E-state index contributed by atoms with van der Waals surface area (Å²) in [6, 6.07) is 7.06. The summed E-state index contributed by atoms with van der Waals surface area (Å²) in [7, 11) is 0.